The van der Waals surface area contributed by atoms with Crippen molar-refractivity contribution in [2.24, 2.45) is 4.99 Å². The van der Waals surface area contributed by atoms with Crippen molar-refractivity contribution in [2.45, 2.75) is 19.9 Å². The topological polar surface area (TPSA) is 111 Å². The van der Waals surface area contributed by atoms with Crippen molar-refractivity contribution in [3.63, 3.8) is 0 Å². The van der Waals surface area contributed by atoms with Gasteiger partial charge in [0.25, 0.3) is 11.5 Å². The maximum Gasteiger partial charge on any atom is 0.279 e. The van der Waals surface area contributed by atoms with Crippen molar-refractivity contribution in [1.29, 1.82) is 5.26 Å². The number of benzene rings is 1. The lowest BCUT2D eigenvalue weighted by Gasteiger charge is -2.13. The van der Waals surface area contributed by atoms with Crippen molar-refractivity contribution in [3.05, 3.63) is 81.7 Å². The summed E-state index contributed by atoms with van der Waals surface area (Å²) in [4.78, 5) is 35.2. The van der Waals surface area contributed by atoms with Crippen molar-refractivity contribution in [1.82, 2.24) is 14.0 Å². The Labute approximate surface area is 195 Å². The molecule has 0 N–H and O–H groups in total. The summed E-state index contributed by atoms with van der Waals surface area (Å²) in [5.41, 5.74) is 1.07. The maximum atomic E-state index is 13.2. The van der Waals surface area contributed by atoms with Crippen LogP contribution in [0.25, 0.3) is 16.7 Å². The Balaban J connectivity index is 1.99. The SMILES string of the molecule is CCOCCCn1c(=NC(=O)c2cccc(OC)c2)c(C#N)cc2c(=O)n3ccccc3nc21. The van der Waals surface area contributed by atoms with Crippen LogP contribution in [0.2, 0.25) is 0 Å². The molecule has 1 aromatic carbocycles. The molecule has 0 aliphatic rings. The molecule has 3 aromatic heterocycles. The minimum Gasteiger partial charge on any atom is -0.497 e. The van der Waals surface area contributed by atoms with E-state index in [0.29, 0.717) is 48.8 Å². The summed E-state index contributed by atoms with van der Waals surface area (Å²) >= 11 is 0. The van der Waals surface area contributed by atoms with Crippen molar-refractivity contribution in [3.8, 4) is 11.8 Å². The monoisotopic (exact) mass is 457 g/mol. The zero-order valence-electron chi connectivity index (χ0n) is 18.9. The van der Waals surface area contributed by atoms with Gasteiger partial charge in [-0.3, -0.25) is 14.0 Å². The number of ether oxygens (including phenoxy) is 2. The summed E-state index contributed by atoms with van der Waals surface area (Å²) in [6.45, 7) is 3.30. The lowest BCUT2D eigenvalue weighted by molar-refractivity contribution is 0.0996. The van der Waals surface area contributed by atoms with Crippen molar-refractivity contribution < 1.29 is 14.3 Å². The van der Waals surface area contributed by atoms with Gasteiger partial charge < -0.3 is 14.0 Å². The summed E-state index contributed by atoms with van der Waals surface area (Å²) in [6.07, 6.45) is 2.20. The second-order valence-electron chi connectivity index (χ2n) is 7.43. The first kappa shape index (κ1) is 22.9. The molecule has 0 atom stereocenters. The Morgan fingerprint density at radius 3 is 2.82 bits per heavy atom. The second-order valence-corrected chi connectivity index (χ2v) is 7.43. The summed E-state index contributed by atoms with van der Waals surface area (Å²) in [5.74, 6) is -0.0170. The van der Waals surface area contributed by atoms with Gasteiger partial charge in [-0.05, 0) is 49.7 Å². The van der Waals surface area contributed by atoms with Crippen LogP contribution in [0, 0.1) is 11.3 Å². The van der Waals surface area contributed by atoms with Gasteiger partial charge in [-0.15, -0.1) is 0 Å². The van der Waals surface area contributed by atoms with Crippen LogP contribution in [0.3, 0.4) is 0 Å². The highest BCUT2D eigenvalue weighted by Crippen LogP contribution is 2.14. The zero-order chi connectivity index (χ0) is 24.1. The van der Waals surface area contributed by atoms with Crippen LogP contribution < -0.4 is 15.8 Å². The Morgan fingerprint density at radius 1 is 1.21 bits per heavy atom. The summed E-state index contributed by atoms with van der Waals surface area (Å²) in [6, 6.07) is 15.4. The maximum absolute atomic E-state index is 13.2. The molecule has 172 valence electrons. The minimum atomic E-state index is -0.536. The molecule has 0 spiro atoms. The number of hydrogen-bond acceptors (Lipinski definition) is 6. The number of amides is 1. The summed E-state index contributed by atoms with van der Waals surface area (Å²) in [7, 11) is 1.51. The lowest BCUT2D eigenvalue weighted by atomic mass is 10.2. The molecule has 3 heterocycles. The molecule has 1 amide bonds. The van der Waals surface area contributed by atoms with Crippen molar-refractivity contribution in [2.75, 3.05) is 20.3 Å². The molecule has 0 bridgehead atoms. The summed E-state index contributed by atoms with van der Waals surface area (Å²) < 4.78 is 13.7. The Morgan fingerprint density at radius 2 is 2.06 bits per heavy atom. The standard InChI is InChI=1S/C25H23N5O4/c1-3-34-13-7-12-30-22(28-24(31)17-8-6-9-19(14-17)33-2)18(16-26)15-20-23(30)27-21-10-4-5-11-29(21)25(20)32/h4-6,8-11,14-15H,3,7,12-13H2,1-2H3. The van der Waals surface area contributed by atoms with Crippen LogP contribution in [0.15, 0.2) is 64.5 Å². The van der Waals surface area contributed by atoms with E-state index in [0.717, 1.165) is 0 Å². The number of nitriles is 1. The molecule has 9 nitrogen and oxygen atoms in total. The highest BCUT2D eigenvalue weighted by atomic mass is 16.5. The molecule has 9 heteroatoms. The molecular formula is C25H23N5O4. The summed E-state index contributed by atoms with van der Waals surface area (Å²) in [5, 5.41) is 10.1. The fourth-order valence-electron chi connectivity index (χ4n) is 3.68. The highest BCUT2D eigenvalue weighted by molar-refractivity contribution is 5.95. The third-order valence-electron chi connectivity index (χ3n) is 5.31. The number of carbonyl (C=O) groups is 1. The van der Waals surface area contributed by atoms with Gasteiger partial charge >= 0.3 is 0 Å². The van der Waals surface area contributed by atoms with Gasteiger partial charge in [0.1, 0.15) is 23.1 Å². The number of rotatable bonds is 7. The van der Waals surface area contributed by atoms with E-state index >= 15 is 0 Å². The molecule has 0 saturated carbocycles. The molecule has 4 aromatic rings. The van der Waals surface area contributed by atoms with Crippen LogP contribution >= 0.6 is 0 Å². The molecular weight excluding hydrogens is 434 g/mol. The normalized spacial score (nSPS) is 11.6. The zero-order valence-corrected chi connectivity index (χ0v) is 18.9. The molecule has 4 rings (SSSR count). The number of pyridine rings is 2. The second kappa shape index (κ2) is 10.1. The average Bonchev–Trinajstić information content (AvgIpc) is 2.87. The number of fused-ring (bicyclic) bond motifs is 2. The largest absolute Gasteiger partial charge is 0.497 e. The van der Waals surface area contributed by atoms with Crippen molar-refractivity contribution >= 4 is 22.6 Å². The molecule has 0 fully saturated rings. The van der Waals surface area contributed by atoms with Crippen LogP contribution in [0.4, 0.5) is 0 Å². The molecule has 34 heavy (non-hydrogen) atoms. The fourth-order valence-corrected chi connectivity index (χ4v) is 3.68. The van der Waals surface area contributed by atoms with Gasteiger partial charge in [-0.25, -0.2) is 4.98 Å². The number of hydrogen-bond donors (Lipinski definition) is 0. The number of nitrogens with zero attached hydrogens (tertiary/aromatic N) is 5. The first-order valence-electron chi connectivity index (χ1n) is 10.8. The molecule has 0 saturated heterocycles. The van der Waals surface area contributed by atoms with Gasteiger partial charge in [0, 0.05) is 31.5 Å². The van der Waals surface area contributed by atoms with Gasteiger partial charge in [-0.2, -0.15) is 10.3 Å². The average molecular weight is 457 g/mol. The van der Waals surface area contributed by atoms with Gasteiger partial charge in [0.2, 0.25) is 0 Å². The number of carbonyl (C=O) groups excluding carboxylic acids is 1. The van der Waals surface area contributed by atoms with E-state index in [1.165, 1.54) is 17.6 Å². The number of methoxy groups -OCH3 is 1. The van der Waals surface area contributed by atoms with E-state index in [1.807, 2.05) is 6.92 Å². The molecule has 0 radical (unpaired) electrons. The smallest absolute Gasteiger partial charge is 0.279 e. The fraction of sp³-hybridized carbons (Fsp3) is 0.240. The van der Waals surface area contributed by atoms with Gasteiger partial charge in [0.15, 0.2) is 5.49 Å². The first-order chi connectivity index (χ1) is 16.6. The van der Waals surface area contributed by atoms with Crippen LogP contribution in [-0.2, 0) is 11.3 Å². The Hall–Kier alpha value is -4.29. The Kier molecular flexibility index (Phi) is 6.80. The molecule has 0 aliphatic carbocycles. The first-order valence-corrected chi connectivity index (χ1v) is 10.8. The lowest BCUT2D eigenvalue weighted by Crippen LogP contribution is -2.30. The van der Waals surface area contributed by atoms with E-state index in [1.54, 1.807) is 53.2 Å². The van der Waals surface area contributed by atoms with Crippen LogP contribution in [-0.4, -0.2) is 40.2 Å². The third kappa shape index (κ3) is 4.44. The number of aromatic nitrogens is 3. The highest BCUT2D eigenvalue weighted by Gasteiger charge is 2.15. The minimum absolute atomic E-state index is 0.106. The predicted molar refractivity (Wildman–Crippen MR) is 126 cm³/mol. The van der Waals surface area contributed by atoms with Crippen LogP contribution in [0.5, 0.6) is 5.75 Å². The van der Waals surface area contributed by atoms with E-state index in [-0.39, 0.29) is 22.0 Å². The van der Waals surface area contributed by atoms with E-state index in [9.17, 15) is 14.9 Å². The van der Waals surface area contributed by atoms with Gasteiger partial charge in [-0.1, -0.05) is 12.1 Å². The van der Waals surface area contributed by atoms with E-state index in [2.05, 4.69) is 16.0 Å². The third-order valence-corrected chi connectivity index (χ3v) is 5.31. The quantitative estimate of drug-likeness (QED) is 0.312. The van der Waals surface area contributed by atoms with Crippen LogP contribution in [0.1, 0.15) is 29.3 Å². The Bertz CT molecular complexity index is 1550. The van der Waals surface area contributed by atoms with E-state index < -0.39 is 5.91 Å². The predicted octanol–water partition coefficient (Wildman–Crippen LogP) is 2.70. The molecule has 0 unspecified atom stereocenters. The van der Waals surface area contributed by atoms with E-state index in [4.69, 9.17) is 9.47 Å². The number of aryl methyl sites for hydroxylation is 1. The van der Waals surface area contributed by atoms with Gasteiger partial charge in [0.05, 0.1) is 18.1 Å². The molecule has 0 aliphatic heterocycles.